The average Bonchev–Trinajstić information content (AvgIpc) is 2.90. The SMILES string of the molecule is CCc1ccc(NC(=O)C(=O)N/N=C\c2c(OC(=O)c3ccc(Cl)cc3)ccc3ccccc23)cc1. The largest absolute Gasteiger partial charge is 0.422 e. The first-order chi connectivity index (χ1) is 17.4. The van der Waals surface area contributed by atoms with Gasteiger partial charge in [0.2, 0.25) is 0 Å². The number of benzene rings is 4. The number of aryl methyl sites for hydroxylation is 1. The van der Waals surface area contributed by atoms with Crippen molar-refractivity contribution in [1.82, 2.24) is 5.43 Å². The summed E-state index contributed by atoms with van der Waals surface area (Å²) in [5.41, 5.74) is 4.63. The van der Waals surface area contributed by atoms with Gasteiger partial charge in [0.15, 0.2) is 0 Å². The Kier molecular flexibility index (Phi) is 7.72. The Labute approximate surface area is 212 Å². The molecule has 180 valence electrons. The topological polar surface area (TPSA) is 96.9 Å². The van der Waals surface area contributed by atoms with E-state index in [-0.39, 0.29) is 5.75 Å². The van der Waals surface area contributed by atoms with Crippen LogP contribution in [0.4, 0.5) is 5.69 Å². The van der Waals surface area contributed by atoms with Crippen LogP contribution >= 0.6 is 11.6 Å². The van der Waals surface area contributed by atoms with Crippen molar-refractivity contribution in [1.29, 1.82) is 0 Å². The Morgan fingerprint density at radius 3 is 2.33 bits per heavy atom. The monoisotopic (exact) mass is 499 g/mol. The first-order valence-electron chi connectivity index (χ1n) is 11.2. The van der Waals surface area contributed by atoms with Gasteiger partial charge in [0, 0.05) is 16.3 Å². The Hall–Kier alpha value is -4.49. The minimum absolute atomic E-state index is 0.243. The number of ether oxygens (including phenoxy) is 1. The second-order valence-electron chi connectivity index (χ2n) is 7.80. The lowest BCUT2D eigenvalue weighted by atomic mass is 10.0. The van der Waals surface area contributed by atoms with Crippen molar-refractivity contribution in [3.8, 4) is 5.75 Å². The number of halogens is 1. The molecular weight excluding hydrogens is 478 g/mol. The molecule has 2 amide bonds. The highest BCUT2D eigenvalue weighted by atomic mass is 35.5. The molecule has 0 bridgehead atoms. The zero-order valence-electron chi connectivity index (χ0n) is 19.3. The number of hydrogen-bond donors (Lipinski definition) is 2. The van der Waals surface area contributed by atoms with E-state index in [4.69, 9.17) is 16.3 Å². The van der Waals surface area contributed by atoms with E-state index in [0.717, 1.165) is 22.8 Å². The number of nitrogens with zero attached hydrogens (tertiary/aromatic N) is 1. The predicted octanol–water partition coefficient (Wildman–Crippen LogP) is 5.36. The van der Waals surface area contributed by atoms with Crippen LogP contribution in [0.3, 0.4) is 0 Å². The third-order valence-corrected chi connectivity index (χ3v) is 5.65. The number of esters is 1. The molecule has 0 aliphatic rings. The van der Waals surface area contributed by atoms with Crippen LogP contribution in [-0.4, -0.2) is 24.0 Å². The molecule has 0 aromatic heterocycles. The molecule has 0 radical (unpaired) electrons. The average molecular weight is 500 g/mol. The minimum Gasteiger partial charge on any atom is -0.422 e. The molecule has 0 saturated heterocycles. The molecule has 4 aromatic rings. The molecule has 0 aliphatic heterocycles. The number of anilines is 1. The molecule has 36 heavy (non-hydrogen) atoms. The van der Waals surface area contributed by atoms with Gasteiger partial charge < -0.3 is 10.1 Å². The molecule has 7 nitrogen and oxygen atoms in total. The summed E-state index contributed by atoms with van der Waals surface area (Å²) in [6.07, 6.45) is 2.21. The predicted molar refractivity (Wildman–Crippen MR) is 141 cm³/mol. The quantitative estimate of drug-likeness (QED) is 0.123. The zero-order valence-corrected chi connectivity index (χ0v) is 20.1. The highest BCUT2D eigenvalue weighted by Gasteiger charge is 2.15. The number of nitrogens with one attached hydrogen (secondary N) is 2. The minimum atomic E-state index is -0.939. The number of hydrazone groups is 1. The van der Waals surface area contributed by atoms with Gasteiger partial charge in [0.05, 0.1) is 11.8 Å². The van der Waals surface area contributed by atoms with Crippen molar-refractivity contribution in [2.75, 3.05) is 5.32 Å². The van der Waals surface area contributed by atoms with Crippen molar-refractivity contribution in [2.45, 2.75) is 13.3 Å². The highest BCUT2D eigenvalue weighted by Crippen LogP contribution is 2.27. The van der Waals surface area contributed by atoms with E-state index in [0.29, 0.717) is 21.8 Å². The Balaban J connectivity index is 1.51. The van der Waals surface area contributed by atoms with E-state index < -0.39 is 17.8 Å². The third-order valence-electron chi connectivity index (χ3n) is 5.40. The Morgan fingerprint density at radius 1 is 0.889 bits per heavy atom. The van der Waals surface area contributed by atoms with Crippen molar-refractivity contribution in [2.24, 2.45) is 5.10 Å². The van der Waals surface area contributed by atoms with Crippen LogP contribution in [-0.2, 0) is 16.0 Å². The van der Waals surface area contributed by atoms with Crippen molar-refractivity contribution in [3.05, 3.63) is 107 Å². The van der Waals surface area contributed by atoms with Crippen LogP contribution in [0, 0.1) is 0 Å². The van der Waals surface area contributed by atoms with Crippen LogP contribution in [0.1, 0.15) is 28.4 Å². The van der Waals surface area contributed by atoms with Gasteiger partial charge in [0.1, 0.15) is 5.75 Å². The fraction of sp³-hybridized carbons (Fsp3) is 0.0714. The van der Waals surface area contributed by atoms with Crippen molar-refractivity contribution in [3.63, 3.8) is 0 Å². The summed E-state index contributed by atoms with van der Waals surface area (Å²) in [4.78, 5) is 37.2. The second kappa shape index (κ2) is 11.3. The van der Waals surface area contributed by atoms with Crippen LogP contribution < -0.4 is 15.5 Å². The second-order valence-corrected chi connectivity index (χ2v) is 8.24. The summed E-state index contributed by atoms with van der Waals surface area (Å²) in [7, 11) is 0. The van der Waals surface area contributed by atoms with E-state index in [2.05, 4.69) is 15.8 Å². The summed E-state index contributed by atoms with van der Waals surface area (Å²) in [5, 5.41) is 8.60. The van der Waals surface area contributed by atoms with Gasteiger partial charge in [-0.3, -0.25) is 9.59 Å². The number of carbonyl (C=O) groups is 3. The van der Waals surface area contributed by atoms with Gasteiger partial charge >= 0.3 is 17.8 Å². The highest BCUT2D eigenvalue weighted by molar-refractivity contribution is 6.39. The Bertz CT molecular complexity index is 1450. The number of hydrogen-bond acceptors (Lipinski definition) is 5. The van der Waals surface area contributed by atoms with Crippen LogP contribution in [0.2, 0.25) is 5.02 Å². The van der Waals surface area contributed by atoms with Crippen molar-refractivity contribution < 1.29 is 19.1 Å². The van der Waals surface area contributed by atoms with Crippen LogP contribution in [0.25, 0.3) is 10.8 Å². The maximum atomic E-state index is 12.7. The Morgan fingerprint density at radius 2 is 1.61 bits per heavy atom. The molecule has 0 unspecified atom stereocenters. The van der Waals surface area contributed by atoms with E-state index in [1.165, 1.54) is 6.21 Å². The maximum absolute atomic E-state index is 12.7. The molecule has 0 saturated carbocycles. The number of rotatable bonds is 6. The van der Waals surface area contributed by atoms with Gasteiger partial charge in [-0.2, -0.15) is 5.10 Å². The summed E-state index contributed by atoms with van der Waals surface area (Å²) in [6.45, 7) is 2.03. The van der Waals surface area contributed by atoms with E-state index in [1.54, 1.807) is 42.5 Å². The lowest BCUT2D eigenvalue weighted by molar-refractivity contribution is -0.136. The van der Waals surface area contributed by atoms with Gasteiger partial charge in [0.25, 0.3) is 0 Å². The lowest BCUT2D eigenvalue weighted by Gasteiger charge is -2.10. The normalized spacial score (nSPS) is 10.8. The molecule has 0 fully saturated rings. The van der Waals surface area contributed by atoms with Gasteiger partial charge in [-0.1, -0.05) is 61.0 Å². The van der Waals surface area contributed by atoms with Crippen LogP contribution in [0.5, 0.6) is 5.75 Å². The molecule has 4 rings (SSSR count). The molecule has 0 aliphatic carbocycles. The van der Waals surface area contributed by atoms with E-state index in [9.17, 15) is 14.4 Å². The van der Waals surface area contributed by atoms with Gasteiger partial charge in [-0.25, -0.2) is 10.2 Å². The van der Waals surface area contributed by atoms with E-state index in [1.807, 2.05) is 49.4 Å². The smallest absolute Gasteiger partial charge is 0.343 e. The maximum Gasteiger partial charge on any atom is 0.343 e. The number of amides is 2. The first-order valence-corrected chi connectivity index (χ1v) is 11.5. The number of fused-ring (bicyclic) bond motifs is 1. The fourth-order valence-corrected chi connectivity index (χ4v) is 3.59. The van der Waals surface area contributed by atoms with Crippen LogP contribution in [0.15, 0.2) is 90.0 Å². The molecule has 0 heterocycles. The molecule has 8 heteroatoms. The summed E-state index contributed by atoms with van der Waals surface area (Å²) < 4.78 is 5.62. The number of carbonyl (C=O) groups excluding carboxylic acids is 3. The standard InChI is InChI=1S/C28H22ClN3O4/c1-2-18-7-14-22(15-8-18)31-26(33)27(34)32-30-17-24-23-6-4-3-5-19(23)11-16-25(24)36-28(35)20-9-12-21(29)13-10-20/h3-17H,2H2,1H3,(H,31,33)(H,32,34)/b30-17-. The van der Waals surface area contributed by atoms with Crippen molar-refractivity contribution >= 4 is 52.1 Å². The molecular formula is C28H22ClN3O4. The molecule has 4 aromatic carbocycles. The van der Waals surface area contributed by atoms with E-state index >= 15 is 0 Å². The fourth-order valence-electron chi connectivity index (χ4n) is 3.46. The summed E-state index contributed by atoms with van der Waals surface area (Å²) in [6, 6.07) is 24.4. The third kappa shape index (κ3) is 5.95. The van der Waals surface area contributed by atoms with Gasteiger partial charge in [-0.05, 0) is 65.2 Å². The molecule has 2 N–H and O–H groups in total. The lowest BCUT2D eigenvalue weighted by Crippen LogP contribution is -2.32. The summed E-state index contributed by atoms with van der Waals surface area (Å²) >= 11 is 5.90. The summed E-state index contributed by atoms with van der Waals surface area (Å²) in [5.74, 6) is -2.13. The zero-order chi connectivity index (χ0) is 25.5. The molecule has 0 spiro atoms. The van der Waals surface area contributed by atoms with Gasteiger partial charge in [-0.15, -0.1) is 0 Å². The molecule has 0 atom stereocenters. The first kappa shape index (κ1) is 24.6.